The third kappa shape index (κ3) is 5.14. The number of hydrogen-bond acceptors (Lipinski definition) is 4. The molecule has 7 nitrogen and oxygen atoms in total. The molecule has 1 heterocycles. The van der Waals surface area contributed by atoms with Crippen molar-refractivity contribution in [2.75, 3.05) is 18.0 Å². The number of carbonyl (C=O) groups excluding carboxylic acids is 2. The summed E-state index contributed by atoms with van der Waals surface area (Å²) in [6, 6.07) is 14.2. The van der Waals surface area contributed by atoms with Gasteiger partial charge in [0.25, 0.3) is 0 Å². The third-order valence-electron chi connectivity index (χ3n) is 7.23. The van der Waals surface area contributed by atoms with Crippen LogP contribution >= 0.6 is 0 Å². The average molecular weight is 498 g/mol. The van der Waals surface area contributed by atoms with Crippen molar-refractivity contribution in [2.24, 2.45) is 0 Å². The minimum Gasteiger partial charge on any atom is -0.351 e. The molecule has 35 heavy (non-hydrogen) atoms. The number of nitrogens with zero attached hydrogens (tertiary/aromatic N) is 2. The Morgan fingerprint density at radius 1 is 1.03 bits per heavy atom. The maximum absolute atomic E-state index is 13.8. The first-order valence-electron chi connectivity index (χ1n) is 12.4. The largest absolute Gasteiger partial charge is 0.351 e. The molecule has 0 spiro atoms. The van der Waals surface area contributed by atoms with Crippen LogP contribution in [0, 0.1) is 6.92 Å². The molecular formula is C27H35N3O4S. The molecule has 0 radical (unpaired) electrons. The summed E-state index contributed by atoms with van der Waals surface area (Å²) in [4.78, 5) is 28.9. The van der Waals surface area contributed by atoms with Gasteiger partial charge in [0.2, 0.25) is 21.8 Å². The first-order chi connectivity index (χ1) is 16.6. The van der Waals surface area contributed by atoms with Crippen molar-refractivity contribution in [3.63, 3.8) is 0 Å². The molecule has 2 aromatic rings. The summed E-state index contributed by atoms with van der Waals surface area (Å²) in [6.07, 6.45) is 5.91. The Balaban J connectivity index is 1.71. The highest BCUT2D eigenvalue weighted by Gasteiger charge is 2.51. The van der Waals surface area contributed by atoms with Crippen molar-refractivity contribution in [1.82, 2.24) is 9.62 Å². The van der Waals surface area contributed by atoms with Crippen molar-refractivity contribution in [3.05, 3.63) is 59.7 Å². The van der Waals surface area contributed by atoms with E-state index >= 15 is 0 Å². The minimum atomic E-state index is -3.96. The van der Waals surface area contributed by atoms with Crippen LogP contribution in [-0.4, -0.2) is 49.2 Å². The van der Waals surface area contributed by atoms with Crippen LogP contribution in [0.15, 0.2) is 53.4 Å². The zero-order chi connectivity index (χ0) is 25.2. The van der Waals surface area contributed by atoms with E-state index in [1.807, 2.05) is 31.2 Å². The smallest absolute Gasteiger partial charge is 0.247 e. The van der Waals surface area contributed by atoms with Crippen LogP contribution in [0.1, 0.15) is 57.1 Å². The van der Waals surface area contributed by atoms with Crippen LogP contribution in [0.3, 0.4) is 0 Å². The number of anilines is 1. The van der Waals surface area contributed by atoms with Crippen LogP contribution in [0.25, 0.3) is 0 Å². The lowest BCUT2D eigenvalue weighted by Crippen LogP contribution is -2.70. The number of sulfonamides is 1. The molecule has 188 valence electrons. The number of nitrogens with one attached hydrogen (secondary N) is 1. The van der Waals surface area contributed by atoms with Crippen LogP contribution < -0.4 is 10.2 Å². The third-order valence-corrected chi connectivity index (χ3v) is 9.04. The van der Waals surface area contributed by atoms with E-state index in [0.29, 0.717) is 5.69 Å². The number of piperazine rings is 1. The Morgan fingerprint density at radius 2 is 1.66 bits per heavy atom. The second kappa shape index (κ2) is 10.1. The van der Waals surface area contributed by atoms with E-state index in [4.69, 9.17) is 0 Å². The fourth-order valence-corrected chi connectivity index (χ4v) is 6.55. The maximum atomic E-state index is 13.8. The van der Waals surface area contributed by atoms with E-state index in [0.717, 1.165) is 54.0 Å². The van der Waals surface area contributed by atoms with Crippen LogP contribution in [0.2, 0.25) is 0 Å². The minimum absolute atomic E-state index is 0.0385. The molecule has 8 heteroatoms. The molecular weight excluding hydrogens is 462 g/mol. The van der Waals surface area contributed by atoms with Crippen molar-refractivity contribution in [1.29, 1.82) is 0 Å². The summed E-state index contributed by atoms with van der Waals surface area (Å²) >= 11 is 0. The number of rotatable bonds is 6. The van der Waals surface area contributed by atoms with Crippen LogP contribution in [-0.2, 0) is 26.0 Å². The molecule has 1 atom stereocenters. The summed E-state index contributed by atoms with van der Waals surface area (Å²) in [5.74, 6) is -0.737. The summed E-state index contributed by atoms with van der Waals surface area (Å²) in [5.41, 5.74) is 1.27. The Labute approximate surface area is 208 Å². The molecule has 1 N–H and O–H groups in total. The van der Waals surface area contributed by atoms with Crippen molar-refractivity contribution < 1.29 is 18.0 Å². The highest BCUT2D eigenvalue weighted by Crippen LogP contribution is 2.33. The number of carbonyl (C=O) groups is 2. The standard InChI is InChI=1S/C27H35N3O4S/c1-4-21-12-14-23(15-13-21)30-25(31)18-29(35(33,34)24-16-10-20(2)11-17-24)19-27(30,3)26(32)28-22-8-6-5-7-9-22/h10-17,22H,4-9,18-19H2,1-3H3,(H,28,32). The summed E-state index contributed by atoms with van der Waals surface area (Å²) in [7, 11) is -3.96. The molecule has 0 aromatic heterocycles. The summed E-state index contributed by atoms with van der Waals surface area (Å²) in [6.45, 7) is 5.17. The summed E-state index contributed by atoms with van der Waals surface area (Å²) in [5, 5.41) is 3.14. The number of amides is 2. The second-order valence-corrected chi connectivity index (χ2v) is 11.9. The quantitative estimate of drug-likeness (QED) is 0.658. The molecule has 0 bridgehead atoms. The van der Waals surface area contributed by atoms with Gasteiger partial charge in [-0.25, -0.2) is 8.42 Å². The molecule has 1 unspecified atom stereocenters. The number of aryl methyl sites for hydroxylation is 2. The summed E-state index contributed by atoms with van der Waals surface area (Å²) < 4.78 is 28.1. The Kier molecular flexibility index (Phi) is 7.33. The Morgan fingerprint density at radius 3 is 2.26 bits per heavy atom. The van der Waals surface area contributed by atoms with Gasteiger partial charge in [-0.1, -0.05) is 56.0 Å². The van der Waals surface area contributed by atoms with E-state index < -0.39 is 21.5 Å². The average Bonchev–Trinajstić information content (AvgIpc) is 2.85. The van der Waals surface area contributed by atoms with Gasteiger partial charge in [0.15, 0.2) is 0 Å². The Bertz CT molecular complexity index is 1170. The second-order valence-electron chi connectivity index (χ2n) is 9.92. The van der Waals surface area contributed by atoms with Gasteiger partial charge < -0.3 is 5.32 Å². The predicted octanol–water partition coefficient (Wildman–Crippen LogP) is 3.80. The predicted molar refractivity (Wildman–Crippen MR) is 137 cm³/mol. The van der Waals surface area contributed by atoms with Crippen LogP contribution in [0.5, 0.6) is 0 Å². The first kappa shape index (κ1) is 25.4. The topological polar surface area (TPSA) is 86.8 Å². The SMILES string of the molecule is CCc1ccc(N2C(=O)CN(S(=O)(=O)c3ccc(C)cc3)CC2(C)C(=O)NC2CCCCC2)cc1. The van der Waals surface area contributed by atoms with Gasteiger partial charge in [0.1, 0.15) is 5.54 Å². The highest BCUT2D eigenvalue weighted by molar-refractivity contribution is 7.89. The van der Waals surface area contributed by atoms with E-state index in [1.54, 1.807) is 31.2 Å². The van der Waals surface area contributed by atoms with E-state index in [9.17, 15) is 18.0 Å². The fourth-order valence-electron chi connectivity index (χ4n) is 5.07. The van der Waals surface area contributed by atoms with E-state index in [2.05, 4.69) is 12.2 Å². The molecule has 1 saturated heterocycles. The van der Waals surface area contributed by atoms with Gasteiger partial charge in [-0.05, 0) is 62.9 Å². The molecule has 1 saturated carbocycles. The van der Waals surface area contributed by atoms with Crippen molar-refractivity contribution >= 4 is 27.5 Å². The first-order valence-corrected chi connectivity index (χ1v) is 13.9. The zero-order valence-electron chi connectivity index (χ0n) is 20.8. The van der Waals surface area contributed by atoms with E-state index in [-0.39, 0.29) is 29.9 Å². The Hall–Kier alpha value is -2.71. The van der Waals surface area contributed by atoms with Gasteiger partial charge in [0.05, 0.1) is 11.4 Å². The van der Waals surface area contributed by atoms with Gasteiger partial charge in [-0.2, -0.15) is 4.31 Å². The van der Waals surface area contributed by atoms with Gasteiger partial charge in [0, 0.05) is 18.3 Å². The molecule has 1 aliphatic carbocycles. The lowest BCUT2D eigenvalue weighted by molar-refractivity contribution is -0.133. The monoisotopic (exact) mass is 497 g/mol. The van der Waals surface area contributed by atoms with E-state index in [1.165, 1.54) is 4.90 Å². The van der Waals surface area contributed by atoms with Gasteiger partial charge >= 0.3 is 0 Å². The number of benzene rings is 2. The fraction of sp³-hybridized carbons (Fsp3) is 0.481. The van der Waals surface area contributed by atoms with Crippen molar-refractivity contribution in [3.8, 4) is 0 Å². The molecule has 2 fully saturated rings. The van der Waals surface area contributed by atoms with Crippen LogP contribution in [0.4, 0.5) is 5.69 Å². The number of hydrogen-bond donors (Lipinski definition) is 1. The molecule has 2 amide bonds. The van der Waals surface area contributed by atoms with Crippen molar-refractivity contribution in [2.45, 2.75) is 75.8 Å². The lowest BCUT2D eigenvalue weighted by Gasteiger charge is -2.47. The molecule has 4 rings (SSSR count). The van der Waals surface area contributed by atoms with Gasteiger partial charge in [-0.3, -0.25) is 14.5 Å². The lowest BCUT2D eigenvalue weighted by atomic mass is 9.91. The maximum Gasteiger partial charge on any atom is 0.247 e. The molecule has 2 aromatic carbocycles. The normalized spacial score (nSPS) is 22.3. The zero-order valence-corrected chi connectivity index (χ0v) is 21.6. The molecule has 1 aliphatic heterocycles. The highest BCUT2D eigenvalue weighted by atomic mass is 32.2. The molecule has 2 aliphatic rings. The van der Waals surface area contributed by atoms with Gasteiger partial charge in [-0.15, -0.1) is 0 Å².